The largest absolute Gasteiger partial charge is 0.324 e. The fourth-order valence-electron chi connectivity index (χ4n) is 2.92. The van der Waals surface area contributed by atoms with E-state index in [2.05, 4.69) is 37.2 Å². The van der Waals surface area contributed by atoms with E-state index in [1.807, 2.05) is 11.8 Å². The van der Waals surface area contributed by atoms with E-state index in [0.717, 1.165) is 25.8 Å². The first kappa shape index (κ1) is 15.2. The second-order valence-electron chi connectivity index (χ2n) is 6.40. The molecule has 1 saturated heterocycles. The lowest BCUT2D eigenvalue weighted by atomic mass is 10.1. The molecular weight excluding hydrogens is 256 g/mol. The van der Waals surface area contributed by atoms with E-state index in [-0.39, 0.29) is 12.2 Å². The van der Waals surface area contributed by atoms with Gasteiger partial charge in [-0.05, 0) is 31.4 Å². The van der Waals surface area contributed by atoms with Crippen LogP contribution in [0.1, 0.15) is 52.9 Å². The fraction of sp³-hybridized carbons (Fsp3) is 0.933. The molecule has 2 atom stereocenters. The standard InChI is InChI=1S/C15H28N2OS/c1-5-6-7-12-14(18)17(13(16-12)11(2)3)10-15(19-4)8-9-15/h11-13,16H,5-10H2,1-4H3. The van der Waals surface area contributed by atoms with E-state index >= 15 is 0 Å². The molecule has 2 unspecified atom stereocenters. The highest BCUT2D eigenvalue weighted by molar-refractivity contribution is 8.00. The summed E-state index contributed by atoms with van der Waals surface area (Å²) in [6, 6.07) is 0.0602. The average molecular weight is 284 g/mol. The normalized spacial score (nSPS) is 29.3. The van der Waals surface area contributed by atoms with Crippen LogP contribution in [-0.4, -0.2) is 40.6 Å². The minimum absolute atomic E-state index is 0.0602. The molecule has 1 heterocycles. The van der Waals surface area contributed by atoms with E-state index in [1.54, 1.807) is 0 Å². The lowest BCUT2D eigenvalue weighted by molar-refractivity contribution is -0.130. The second kappa shape index (κ2) is 6.04. The molecule has 110 valence electrons. The Morgan fingerprint density at radius 2 is 2.16 bits per heavy atom. The van der Waals surface area contributed by atoms with Crippen LogP contribution in [0.3, 0.4) is 0 Å². The van der Waals surface area contributed by atoms with E-state index in [1.165, 1.54) is 12.8 Å². The highest BCUT2D eigenvalue weighted by Crippen LogP contribution is 2.48. The first-order valence-corrected chi connectivity index (χ1v) is 8.87. The van der Waals surface area contributed by atoms with Crippen LogP contribution in [-0.2, 0) is 4.79 Å². The molecule has 0 aromatic heterocycles. The topological polar surface area (TPSA) is 32.3 Å². The molecule has 1 amide bonds. The van der Waals surface area contributed by atoms with Gasteiger partial charge in [-0.2, -0.15) is 11.8 Å². The molecule has 1 saturated carbocycles. The summed E-state index contributed by atoms with van der Waals surface area (Å²) >= 11 is 1.94. The molecule has 2 aliphatic rings. The van der Waals surface area contributed by atoms with Crippen LogP contribution in [0.4, 0.5) is 0 Å². The number of unbranched alkanes of at least 4 members (excludes halogenated alkanes) is 1. The van der Waals surface area contributed by atoms with Crippen LogP contribution in [0.2, 0.25) is 0 Å². The summed E-state index contributed by atoms with van der Waals surface area (Å²) in [6.45, 7) is 7.53. The lowest BCUT2D eigenvalue weighted by Gasteiger charge is -2.30. The van der Waals surface area contributed by atoms with Crippen LogP contribution >= 0.6 is 11.8 Å². The summed E-state index contributed by atoms with van der Waals surface area (Å²) in [4.78, 5) is 14.7. The minimum atomic E-state index is 0.0602. The molecule has 0 aromatic carbocycles. The van der Waals surface area contributed by atoms with E-state index in [0.29, 0.717) is 16.6 Å². The van der Waals surface area contributed by atoms with Crippen molar-refractivity contribution in [3.63, 3.8) is 0 Å². The molecule has 1 aliphatic heterocycles. The van der Waals surface area contributed by atoms with Gasteiger partial charge in [0.15, 0.2) is 0 Å². The van der Waals surface area contributed by atoms with Crippen LogP contribution in [0.25, 0.3) is 0 Å². The van der Waals surface area contributed by atoms with Crippen LogP contribution < -0.4 is 5.32 Å². The first-order chi connectivity index (χ1) is 9.03. The number of rotatable bonds is 7. The van der Waals surface area contributed by atoms with Crippen molar-refractivity contribution in [1.82, 2.24) is 10.2 Å². The molecule has 0 radical (unpaired) electrons. The maximum atomic E-state index is 12.6. The number of amides is 1. The Bertz CT molecular complexity index is 328. The molecular formula is C15H28N2OS. The zero-order valence-electron chi connectivity index (χ0n) is 12.7. The predicted molar refractivity (Wildman–Crippen MR) is 82.3 cm³/mol. The number of carbonyl (C=O) groups excluding carboxylic acids is 1. The number of nitrogens with one attached hydrogen (secondary N) is 1. The van der Waals surface area contributed by atoms with Crippen molar-refractivity contribution < 1.29 is 4.79 Å². The highest BCUT2D eigenvalue weighted by Gasteiger charge is 2.49. The van der Waals surface area contributed by atoms with Crippen LogP contribution in [0.5, 0.6) is 0 Å². The monoisotopic (exact) mass is 284 g/mol. The average Bonchev–Trinajstić information content (AvgIpc) is 3.09. The first-order valence-electron chi connectivity index (χ1n) is 7.64. The molecule has 0 spiro atoms. The Morgan fingerprint density at radius 1 is 1.47 bits per heavy atom. The number of hydrogen-bond acceptors (Lipinski definition) is 3. The van der Waals surface area contributed by atoms with Crippen molar-refractivity contribution in [3.8, 4) is 0 Å². The quantitative estimate of drug-likeness (QED) is 0.780. The van der Waals surface area contributed by atoms with Crippen molar-refractivity contribution in [2.24, 2.45) is 5.92 Å². The maximum absolute atomic E-state index is 12.6. The van der Waals surface area contributed by atoms with Crippen molar-refractivity contribution in [2.75, 3.05) is 12.8 Å². The summed E-state index contributed by atoms with van der Waals surface area (Å²) in [6.07, 6.45) is 8.23. The summed E-state index contributed by atoms with van der Waals surface area (Å²) in [5.41, 5.74) is 0. The summed E-state index contributed by atoms with van der Waals surface area (Å²) in [5.74, 6) is 0.820. The van der Waals surface area contributed by atoms with Gasteiger partial charge in [0, 0.05) is 11.3 Å². The number of thioether (sulfide) groups is 1. The van der Waals surface area contributed by atoms with Gasteiger partial charge in [-0.25, -0.2) is 0 Å². The molecule has 1 N–H and O–H groups in total. The van der Waals surface area contributed by atoms with Gasteiger partial charge in [-0.15, -0.1) is 0 Å². The Kier molecular flexibility index (Phi) is 4.83. The Morgan fingerprint density at radius 3 is 2.63 bits per heavy atom. The number of nitrogens with zero attached hydrogens (tertiary/aromatic N) is 1. The zero-order chi connectivity index (χ0) is 14.0. The maximum Gasteiger partial charge on any atom is 0.241 e. The molecule has 0 bridgehead atoms. The molecule has 1 aliphatic carbocycles. The Hall–Kier alpha value is -0.220. The summed E-state index contributed by atoms with van der Waals surface area (Å²) in [5, 5.41) is 3.57. The summed E-state index contributed by atoms with van der Waals surface area (Å²) in [7, 11) is 0. The van der Waals surface area contributed by atoms with Crippen LogP contribution in [0.15, 0.2) is 0 Å². The molecule has 3 nitrogen and oxygen atoms in total. The van der Waals surface area contributed by atoms with Crippen molar-refractivity contribution in [2.45, 2.75) is 69.8 Å². The predicted octanol–water partition coefficient (Wildman–Crippen LogP) is 2.85. The van der Waals surface area contributed by atoms with Gasteiger partial charge in [0.1, 0.15) is 0 Å². The van der Waals surface area contributed by atoms with Gasteiger partial charge in [-0.1, -0.05) is 33.6 Å². The molecule has 2 fully saturated rings. The number of carbonyl (C=O) groups is 1. The second-order valence-corrected chi connectivity index (χ2v) is 7.68. The Labute approximate surface area is 121 Å². The number of hydrogen-bond donors (Lipinski definition) is 1. The van der Waals surface area contributed by atoms with Gasteiger partial charge in [0.2, 0.25) is 5.91 Å². The van der Waals surface area contributed by atoms with Crippen molar-refractivity contribution in [3.05, 3.63) is 0 Å². The van der Waals surface area contributed by atoms with E-state index in [9.17, 15) is 4.79 Å². The molecule has 19 heavy (non-hydrogen) atoms. The zero-order valence-corrected chi connectivity index (χ0v) is 13.6. The molecule has 0 aromatic rings. The van der Waals surface area contributed by atoms with Crippen molar-refractivity contribution >= 4 is 17.7 Å². The summed E-state index contributed by atoms with van der Waals surface area (Å²) < 4.78 is 0.365. The van der Waals surface area contributed by atoms with Gasteiger partial charge < -0.3 is 4.90 Å². The van der Waals surface area contributed by atoms with Gasteiger partial charge in [0.05, 0.1) is 12.2 Å². The third-order valence-corrected chi connectivity index (χ3v) is 5.87. The third kappa shape index (κ3) is 3.27. The lowest BCUT2D eigenvalue weighted by Crippen LogP contribution is -2.45. The van der Waals surface area contributed by atoms with E-state index in [4.69, 9.17) is 0 Å². The van der Waals surface area contributed by atoms with Crippen LogP contribution in [0, 0.1) is 5.92 Å². The fourth-order valence-corrected chi connectivity index (χ4v) is 3.70. The van der Waals surface area contributed by atoms with Gasteiger partial charge in [-0.3, -0.25) is 10.1 Å². The Balaban J connectivity index is 2.03. The smallest absolute Gasteiger partial charge is 0.241 e. The van der Waals surface area contributed by atoms with Gasteiger partial charge >= 0.3 is 0 Å². The van der Waals surface area contributed by atoms with Crippen molar-refractivity contribution in [1.29, 1.82) is 0 Å². The SMILES string of the molecule is CCCCC1NC(C(C)C)N(CC2(SC)CC2)C1=O. The van der Waals surface area contributed by atoms with Gasteiger partial charge in [0.25, 0.3) is 0 Å². The third-order valence-electron chi connectivity index (χ3n) is 4.47. The molecule has 2 rings (SSSR count). The molecule has 4 heteroatoms. The highest BCUT2D eigenvalue weighted by atomic mass is 32.2. The van der Waals surface area contributed by atoms with E-state index < -0.39 is 0 Å². The minimum Gasteiger partial charge on any atom is -0.324 e.